The van der Waals surface area contributed by atoms with Gasteiger partial charge in [-0.1, -0.05) is 12.1 Å². The molecule has 3 unspecified atom stereocenters. The molecule has 1 saturated heterocycles. The summed E-state index contributed by atoms with van der Waals surface area (Å²) in [6, 6.07) is 6.01. The Hall–Kier alpha value is -0.780. The van der Waals surface area contributed by atoms with E-state index in [1.165, 1.54) is 0 Å². The van der Waals surface area contributed by atoms with Crippen LogP contribution in [0.15, 0.2) is 24.3 Å². The summed E-state index contributed by atoms with van der Waals surface area (Å²) in [4.78, 5) is 2.32. The van der Waals surface area contributed by atoms with Gasteiger partial charge < -0.3 is 5.73 Å². The topological polar surface area (TPSA) is 29.3 Å². The minimum atomic E-state index is -4.27. The lowest BCUT2D eigenvalue weighted by atomic mass is 10.0. The monoisotopic (exact) mass is 322 g/mol. The standard InChI is InChI=1S/C15H21F3N2.ClH/c1-10-7-12(8-19)9-20(10)11(2)13-3-5-14(6-4-13)15(16,17)18;/h3-6,10-12H,7-9,19H2,1-2H3;1H. The van der Waals surface area contributed by atoms with Gasteiger partial charge in [-0.05, 0) is 50.4 Å². The van der Waals surface area contributed by atoms with Crippen LogP contribution in [0.3, 0.4) is 0 Å². The zero-order valence-electron chi connectivity index (χ0n) is 12.2. The molecule has 0 bridgehead atoms. The van der Waals surface area contributed by atoms with E-state index in [1.807, 2.05) is 6.92 Å². The molecule has 0 aromatic heterocycles. The van der Waals surface area contributed by atoms with Crippen LogP contribution >= 0.6 is 12.4 Å². The Bertz CT molecular complexity index is 447. The number of nitrogens with zero attached hydrogens (tertiary/aromatic N) is 1. The van der Waals surface area contributed by atoms with E-state index in [-0.39, 0.29) is 18.4 Å². The molecule has 1 aromatic carbocycles. The van der Waals surface area contributed by atoms with E-state index < -0.39 is 11.7 Å². The number of hydrogen-bond donors (Lipinski definition) is 1. The van der Waals surface area contributed by atoms with Crippen LogP contribution in [-0.4, -0.2) is 24.0 Å². The molecule has 1 aliphatic heterocycles. The van der Waals surface area contributed by atoms with E-state index in [9.17, 15) is 13.2 Å². The van der Waals surface area contributed by atoms with Gasteiger partial charge in [0.25, 0.3) is 0 Å². The molecule has 2 N–H and O–H groups in total. The average molecular weight is 323 g/mol. The van der Waals surface area contributed by atoms with Crippen LogP contribution in [0.4, 0.5) is 13.2 Å². The molecule has 1 aromatic rings. The van der Waals surface area contributed by atoms with Crippen LogP contribution in [0.5, 0.6) is 0 Å². The highest BCUT2D eigenvalue weighted by Gasteiger charge is 2.33. The molecule has 0 spiro atoms. The SMILES string of the molecule is CC1CC(CN)CN1C(C)c1ccc(C(F)(F)F)cc1.Cl. The number of nitrogens with two attached hydrogens (primary N) is 1. The first-order valence-electron chi connectivity index (χ1n) is 6.96. The largest absolute Gasteiger partial charge is 0.416 e. The molecule has 3 atom stereocenters. The summed E-state index contributed by atoms with van der Waals surface area (Å²) in [6.45, 7) is 5.77. The maximum atomic E-state index is 12.6. The molecular formula is C15H22ClF3N2. The molecule has 0 amide bonds. The van der Waals surface area contributed by atoms with E-state index in [1.54, 1.807) is 12.1 Å². The fourth-order valence-corrected chi connectivity index (χ4v) is 3.02. The van der Waals surface area contributed by atoms with Crippen molar-refractivity contribution in [2.45, 2.75) is 38.5 Å². The summed E-state index contributed by atoms with van der Waals surface area (Å²) in [5.74, 6) is 0.488. The number of rotatable bonds is 3. The summed E-state index contributed by atoms with van der Waals surface area (Å²) >= 11 is 0. The van der Waals surface area contributed by atoms with Gasteiger partial charge >= 0.3 is 6.18 Å². The van der Waals surface area contributed by atoms with Crippen molar-refractivity contribution in [1.82, 2.24) is 4.90 Å². The van der Waals surface area contributed by atoms with E-state index in [0.717, 1.165) is 30.7 Å². The molecular weight excluding hydrogens is 301 g/mol. The highest BCUT2D eigenvalue weighted by atomic mass is 35.5. The first kappa shape index (κ1) is 18.3. The minimum Gasteiger partial charge on any atom is -0.330 e. The fourth-order valence-electron chi connectivity index (χ4n) is 3.02. The molecule has 2 rings (SSSR count). The van der Waals surface area contributed by atoms with Crippen molar-refractivity contribution in [3.05, 3.63) is 35.4 Å². The smallest absolute Gasteiger partial charge is 0.330 e. The minimum absolute atomic E-state index is 0. The Balaban J connectivity index is 0.00000220. The van der Waals surface area contributed by atoms with E-state index in [2.05, 4.69) is 11.8 Å². The van der Waals surface area contributed by atoms with Gasteiger partial charge in [0.1, 0.15) is 0 Å². The maximum absolute atomic E-state index is 12.6. The van der Waals surface area contributed by atoms with Crippen molar-refractivity contribution < 1.29 is 13.2 Å². The summed E-state index contributed by atoms with van der Waals surface area (Å²) in [7, 11) is 0. The van der Waals surface area contributed by atoms with Gasteiger partial charge in [-0.2, -0.15) is 13.2 Å². The zero-order valence-corrected chi connectivity index (χ0v) is 13.0. The Morgan fingerprint density at radius 1 is 1.29 bits per heavy atom. The van der Waals surface area contributed by atoms with Crippen molar-refractivity contribution in [3.63, 3.8) is 0 Å². The van der Waals surface area contributed by atoms with Crippen LogP contribution in [0.1, 0.15) is 37.4 Å². The van der Waals surface area contributed by atoms with Crippen LogP contribution in [0.2, 0.25) is 0 Å². The van der Waals surface area contributed by atoms with Crippen LogP contribution < -0.4 is 5.73 Å². The summed E-state index contributed by atoms with van der Waals surface area (Å²) < 4.78 is 37.7. The third-order valence-electron chi connectivity index (χ3n) is 4.26. The van der Waals surface area contributed by atoms with E-state index in [0.29, 0.717) is 18.5 Å². The molecule has 1 heterocycles. The quantitative estimate of drug-likeness (QED) is 0.915. The summed E-state index contributed by atoms with van der Waals surface area (Å²) in [5, 5.41) is 0. The van der Waals surface area contributed by atoms with Gasteiger partial charge in [0.15, 0.2) is 0 Å². The Labute approximate surface area is 129 Å². The fraction of sp³-hybridized carbons (Fsp3) is 0.600. The number of alkyl halides is 3. The maximum Gasteiger partial charge on any atom is 0.416 e. The van der Waals surface area contributed by atoms with Crippen molar-refractivity contribution in [2.24, 2.45) is 11.7 Å². The Morgan fingerprint density at radius 2 is 1.86 bits per heavy atom. The van der Waals surface area contributed by atoms with Crippen molar-refractivity contribution in [3.8, 4) is 0 Å². The number of benzene rings is 1. The van der Waals surface area contributed by atoms with Gasteiger partial charge in [0.05, 0.1) is 5.56 Å². The Morgan fingerprint density at radius 3 is 2.29 bits per heavy atom. The lowest BCUT2D eigenvalue weighted by Crippen LogP contribution is -2.30. The first-order chi connectivity index (χ1) is 9.32. The lowest BCUT2D eigenvalue weighted by Gasteiger charge is -2.29. The first-order valence-corrected chi connectivity index (χ1v) is 6.96. The van der Waals surface area contributed by atoms with Gasteiger partial charge in [-0.25, -0.2) is 0 Å². The van der Waals surface area contributed by atoms with E-state index in [4.69, 9.17) is 5.73 Å². The lowest BCUT2D eigenvalue weighted by molar-refractivity contribution is -0.137. The number of hydrogen-bond acceptors (Lipinski definition) is 2. The predicted octanol–water partition coefficient (Wildman–Crippen LogP) is 3.86. The van der Waals surface area contributed by atoms with Crippen LogP contribution in [-0.2, 0) is 6.18 Å². The normalized spacial score (nSPS) is 24.7. The second-order valence-corrected chi connectivity index (χ2v) is 5.68. The van der Waals surface area contributed by atoms with Gasteiger partial charge in [0.2, 0.25) is 0 Å². The number of halogens is 4. The molecule has 2 nitrogen and oxygen atoms in total. The molecule has 6 heteroatoms. The number of likely N-dealkylation sites (tertiary alicyclic amines) is 1. The van der Waals surface area contributed by atoms with Gasteiger partial charge in [0, 0.05) is 18.6 Å². The summed E-state index contributed by atoms with van der Waals surface area (Å²) in [5.41, 5.74) is 6.04. The molecule has 1 aliphatic rings. The average Bonchev–Trinajstić information content (AvgIpc) is 2.78. The molecule has 0 saturated carbocycles. The second-order valence-electron chi connectivity index (χ2n) is 5.68. The van der Waals surface area contributed by atoms with E-state index >= 15 is 0 Å². The Kier molecular flexibility index (Phi) is 6.08. The highest BCUT2D eigenvalue weighted by molar-refractivity contribution is 5.85. The van der Waals surface area contributed by atoms with Crippen molar-refractivity contribution in [1.29, 1.82) is 0 Å². The third-order valence-corrected chi connectivity index (χ3v) is 4.26. The molecule has 0 radical (unpaired) electrons. The van der Waals surface area contributed by atoms with Gasteiger partial charge in [-0.3, -0.25) is 4.90 Å². The van der Waals surface area contributed by atoms with Crippen molar-refractivity contribution in [2.75, 3.05) is 13.1 Å². The molecule has 120 valence electrons. The summed E-state index contributed by atoms with van der Waals surface area (Å²) in [6.07, 6.45) is -3.21. The molecule has 21 heavy (non-hydrogen) atoms. The zero-order chi connectivity index (χ0) is 14.9. The van der Waals surface area contributed by atoms with Crippen molar-refractivity contribution >= 4 is 12.4 Å². The second kappa shape index (κ2) is 6.99. The highest BCUT2D eigenvalue weighted by Crippen LogP contribution is 2.34. The molecule has 1 fully saturated rings. The third kappa shape index (κ3) is 4.11. The molecule has 0 aliphatic carbocycles. The predicted molar refractivity (Wildman–Crippen MR) is 80.4 cm³/mol. The van der Waals surface area contributed by atoms with Gasteiger partial charge in [-0.15, -0.1) is 12.4 Å². The van der Waals surface area contributed by atoms with Crippen LogP contribution in [0, 0.1) is 5.92 Å². The van der Waals surface area contributed by atoms with Crippen LogP contribution in [0.25, 0.3) is 0 Å².